The molecular formula is C23H14Br2Cl2N2O3. The number of allylic oxidation sites excluding steroid dienone is 1. The summed E-state index contributed by atoms with van der Waals surface area (Å²) in [6.07, 6.45) is 0. The summed E-state index contributed by atoms with van der Waals surface area (Å²) in [7, 11) is 0. The van der Waals surface area contributed by atoms with Gasteiger partial charge in [-0.2, -0.15) is 5.26 Å². The fourth-order valence-corrected chi connectivity index (χ4v) is 5.37. The minimum atomic E-state index is -0.475. The molecule has 1 aliphatic heterocycles. The molecule has 0 bridgehead atoms. The third-order valence-corrected chi connectivity index (χ3v) is 6.71. The number of hydrogen-bond donors (Lipinski definition) is 2. The normalized spacial score (nSPS) is 15.0. The molecule has 1 atom stereocenters. The van der Waals surface area contributed by atoms with E-state index in [0.29, 0.717) is 36.1 Å². The molecule has 0 aromatic heterocycles. The van der Waals surface area contributed by atoms with E-state index in [1.165, 1.54) is 6.07 Å². The second-order valence-corrected chi connectivity index (χ2v) is 9.54. The van der Waals surface area contributed by atoms with E-state index in [4.69, 9.17) is 38.4 Å². The molecule has 1 aliphatic rings. The summed E-state index contributed by atoms with van der Waals surface area (Å²) >= 11 is 19.3. The lowest BCUT2D eigenvalue weighted by Gasteiger charge is -2.27. The predicted molar refractivity (Wildman–Crippen MR) is 130 cm³/mol. The molecular weight excluding hydrogens is 583 g/mol. The molecule has 4 rings (SSSR count). The quantitative estimate of drug-likeness (QED) is 0.338. The van der Waals surface area contributed by atoms with E-state index < -0.39 is 5.92 Å². The Hall–Kier alpha value is -2.37. The molecule has 0 fully saturated rings. The summed E-state index contributed by atoms with van der Waals surface area (Å²) in [5.74, 6) is 0.546. The summed E-state index contributed by atoms with van der Waals surface area (Å²) in [4.78, 5) is 0. The minimum Gasteiger partial charge on any atom is -0.508 e. The van der Waals surface area contributed by atoms with Gasteiger partial charge in [0.25, 0.3) is 0 Å². The fraction of sp³-hybridized carbons (Fsp3) is 0.0870. The zero-order valence-electron chi connectivity index (χ0n) is 16.2. The number of aromatic hydroxyl groups is 1. The molecule has 0 amide bonds. The van der Waals surface area contributed by atoms with E-state index >= 15 is 0 Å². The lowest BCUT2D eigenvalue weighted by molar-refractivity contribution is 0.302. The first kappa shape index (κ1) is 22.8. The highest BCUT2D eigenvalue weighted by Gasteiger charge is 2.31. The molecule has 0 saturated carbocycles. The molecule has 162 valence electrons. The van der Waals surface area contributed by atoms with Crippen molar-refractivity contribution in [3.05, 3.63) is 95.7 Å². The van der Waals surface area contributed by atoms with Crippen LogP contribution in [0.15, 0.2) is 68.9 Å². The van der Waals surface area contributed by atoms with Gasteiger partial charge in [0.15, 0.2) is 0 Å². The summed E-state index contributed by atoms with van der Waals surface area (Å²) in [6.45, 7) is 0.238. The molecule has 3 aromatic rings. The Kier molecular flexibility index (Phi) is 6.59. The zero-order valence-corrected chi connectivity index (χ0v) is 20.9. The van der Waals surface area contributed by atoms with Gasteiger partial charge in [0.05, 0.1) is 14.9 Å². The number of ether oxygens (including phenoxy) is 2. The van der Waals surface area contributed by atoms with E-state index in [2.05, 4.69) is 37.9 Å². The number of halogens is 4. The largest absolute Gasteiger partial charge is 0.508 e. The van der Waals surface area contributed by atoms with Gasteiger partial charge in [0, 0.05) is 27.2 Å². The fourth-order valence-electron chi connectivity index (χ4n) is 3.46. The molecule has 0 radical (unpaired) electrons. The monoisotopic (exact) mass is 594 g/mol. The first-order chi connectivity index (χ1) is 15.3. The van der Waals surface area contributed by atoms with Crippen LogP contribution in [0.2, 0.25) is 10.0 Å². The summed E-state index contributed by atoms with van der Waals surface area (Å²) in [5.41, 5.74) is 8.58. The van der Waals surface area contributed by atoms with Gasteiger partial charge >= 0.3 is 0 Å². The topological polar surface area (TPSA) is 88.5 Å². The molecule has 0 saturated heterocycles. The van der Waals surface area contributed by atoms with Crippen LogP contribution in [0.5, 0.6) is 17.2 Å². The van der Waals surface area contributed by atoms with Crippen LogP contribution >= 0.6 is 55.1 Å². The van der Waals surface area contributed by atoms with Crippen molar-refractivity contribution in [2.75, 3.05) is 0 Å². The smallest absolute Gasteiger partial charge is 0.205 e. The van der Waals surface area contributed by atoms with Crippen molar-refractivity contribution in [1.82, 2.24) is 0 Å². The number of nitrogens with zero attached hydrogens (tertiary/aromatic N) is 1. The van der Waals surface area contributed by atoms with Crippen LogP contribution in [0.3, 0.4) is 0 Å². The van der Waals surface area contributed by atoms with Crippen molar-refractivity contribution in [3.8, 4) is 23.3 Å². The molecule has 0 spiro atoms. The Balaban J connectivity index is 1.71. The van der Waals surface area contributed by atoms with Gasteiger partial charge in [-0.1, -0.05) is 35.3 Å². The number of fused-ring (bicyclic) bond motifs is 1. The van der Waals surface area contributed by atoms with E-state index in [9.17, 15) is 10.4 Å². The van der Waals surface area contributed by atoms with Gasteiger partial charge in [-0.15, -0.1) is 0 Å². The Labute approximate surface area is 211 Å². The average molecular weight is 597 g/mol. The highest BCUT2D eigenvalue weighted by atomic mass is 79.9. The molecule has 3 aromatic carbocycles. The Morgan fingerprint density at radius 2 is 1.81 bits per heavy atom. The molecule has 1 unspecified atom stereocenters. The van der Waals surface area contributed by atoms with Gasteiger partial charge in [-0.3, -0.25) is 0 Å². The van der Waals surface area contributed by atoms with Crippen molar-refractivity contribution in [1.29, 1.82) is 5.26 Å². The number of phenolic OH excluding ortho intramolecular Hbond substituents is 1. The second kappa shape index (κ2) is 9.24. The number of nitrogens with two attached hydrogens (primary N) is 1. The average Bonchev–Trinajstić information content (AvgIpc) is 2.73. The van der Waals surface area contributed by atoms with Gasteiger partial charge in [-0.05, 0) is 67.8 Å². The first-order valence-electron chi connectivity index (χ1n) is 9.24. The summed E-state index contributed by atoms with van der Waals surface area (Å²) in [6, 6.07) is 15.8. The van der Waals surface area contributed by atoms with Crippen molar-refractivity contribution in [2.24, 2.45) is 5.73 Å². The highest BCUT2D eigenvalue weighted by molar-refractivity contribution is 9.11. The third kappa shape index (κ3) is 4.41. The van der Waals surface area contributed by atoms with E-state index in [-0.39, 0.29) is 23.8 Å². The van der Waals surface area contributed by atoms with Crippen LogP contribution in [-0.4, -0.2) is 5.11 Å². The number of benzene rings is 3. The van der Waals surface area contributed by atoms with Crippen LogP contribution in [0.1, 0.15) is 22.6 Å². The summed E-state index contributed by atoms with van der Waals surface area (Å²) in [5, 5.41) is 20.6. The number of nitriles is 1. The first-order valence-corrected chi connectivity index (χ1v) is 11.6. The van der Waals surface area contributed by atoms with E-state index in [0.717, 1.165) is 11.1 Å². The lowest BCUT2D eigenvalue weighted by Crippen LogP contribution is -2.21. The van der Waals surface area contributed by atoms with E-state index in [1.54, 1.807) is 24.3 Å². The van der Waals surface area contributed by atoms with Gasteiger partial charge in [-0.25, -0.2) is 0 Å². The molecule has 3 N–H and O–H groups in total. The Morgan fingerprint density at radius 3 is 2.47 bits per heavy atom. The van der Waals surface area contributed by atoms with Crippen molar-refractivity contribution in [2.45, 2.75) is 12.5 Å². The maximum atomic E-state index is 9.82. The van der Waals surface area contributed by atoms with Crippen molar-refractivity contribution >= 4 is 55.1 Å². The van der Waals surface area contributed by atoms with Crippen LogP contribution in [-0.2, 0) is 6.61 Å². The Bertz CT molecular complexity index is 1280. The summed E-state index contributed by atoms with van der Waals surface area (Å²) < 4.78 is 12.9. The number of rotatable bonds is 4. The number of hydrogen-bond acceptors (Lipinski definition) is 5. The Morgan fingerprint density at radius 1 is 1.09 bits per heavy atom. The molecule has 5 nitrogen and oxygen atoms in total. The van der Waals surface area contributed by atoms with Crippen molar-refractivity contribution < 1.29 is 14.6 Å². The van der Waals surface area contributed by atoms with Gasteiger partial charge < -0.3 is 20.3 Å². The highest BCUT2D eigenvalue weighted by Crippen LogP contribution is 2.46. The lowest BCUT2D eigenvalue weighted by atomic mass is 9.83. The van der Waals surface area contributed by atoms with Crippen LogP contribution < -0.4 is 15.2 Å². The van der Waals surface area contributed by atoms with Crippen molar-refractivity contribution in [3.63, 3.8) is 0 Å². The SMILES string of the molecule is N#CC1=C(N)Oc2cc(O)ccc2C1c1cc(Br)c(OCc2ccc(Cl)cc2Cl)c(Br)c1. The minimum absolute atomic E-state index is 0.000511. The number of phenols is 1. The zero-order chi connectivity index (χ0) is 23.0. The molecule has 32 heavy (non-hydrogen) atoms. The van der Waals surface area contributed by atoms with Gasteiger partial charge in [0.2, 0.25) is 5.88 Å². The predicted octanol–water partition coefficient (Wildman–Crippen LogP) is 7.02. The van der Waals surface area contributed by atoms with Gasteiger partial charge in [0.1, 0.15) is 35.5 Å². The molecule has 9 heteroatoms. The van der Waals surface area contributed by atoms with E-state index in [1.807, 2.05) is 18.2 Å². The van der Waals surface area contributed by atoms with Crippen LogP contribution in [0, 0.1) is 11.3 Å². The second-order valence-electron chi connectivity index (χ2n) is 6.99. The third-order valence-electron chi connectivity index (χ3n) is 4.94. The maximum absolute atomic E-state index is 9.82. The van der Waals surface area contributed by atoms with Crippen LogP contribution in [0.25, 0.3) is 0 Å². The standard InChI is InChI=1S/C23H14Br2Cl2N2O3/c24-17-5-12(6-18(25)22(17)31-10-11-1-2-13(26)7-19(11)27)21-15-4-3-14(30)8-20(15)32-23(29)16(21)9-28/h1-8,21,30H,10,29H2. The van der Waals surface area contributed by atoms with Crippen LogP contribution in [0.4, 0.5) is 0 Å². The molecule has 0 aliphatic carbocycles. The molecule has 1 heterocycles. The maximum Gasteiger partial charge on any atom is 0.205 e.